The number of carbonyl (C=O) groups excluding carboxylic acids is 1. The van der Waals surface area contributed by atoms with Gasteiger partial charge in [-0.3, -0.25) is 14.9 Å². The smallest absolute Gasteiger partial charge is 0.270 e. The van der Waals surface area contributed by atoms with Gasteiger partial charge in [0.25, 0.3) is 11.6 Å². The number of piperidine rings is 1. The number of amides is 1. The summed E-state index contributed by atoms with van der Waals surface area (Å²) in [7, 11) is 0. The molecule has 0 saturated carbocycles. The van der Waals surface area contributed by atoms with Gasteiger partial charge in [0.15, 0.2) is 0 Å². The van der Waals surface area contributed by atoms with Crippen molar-refractivity contribution >= 4 is 33.8 Å². The van der Waals surface area contributed by atoms with E-state index in [2.05, 4.69) is 9.88 Å². The van der Waals surface area contributed by atoms with Gasteiger partial charge < -0.3 is 14.8 Å². The average molecular weight is 448 g/mol. The maximum absolute atomic E-state index is 13.5. The van der Waals surface area contributed by atoms with Crippen LogP contribution < -0.4 is 4.90 Å². The molecule has 170 valence electrons. The summed E-state index contributed by atoms with van der Waals surface area (Å²) in [6.07, 6.45) is 7.81. The molecule has 8 heteroatoms. The lowest BCUT2D eigenvalue weighted by molar-refractivity contribution is -0.384. The Labute approximate surface area is 190 Å². The predicted octanol–water partition coefficient (Wildman–Crippen LogP) is 5.14. The maximum atomic E-state index is 13.5. The summed E-state index contributed by atoms with van der Waals surface area (Å²) in [6, 6.07) is 9.30. The molecule has 1 N–H and O–H groups in total. The zero-order valence-electron chi connectivity index (χ0n) is 18.2. The number of nitrogens with one attached hydrogen (secondary N) is 1. The minimum atomic E-state index is -0.454. The van der Waals surface area contributed by atoms with Crippen LogP contribution in [0.5, 0.6) is 0 Å². The number of fused-ring (bicyclic) bond motifs is 1. The molecule has 2 aromatic carbocycles. The lowest BCUT2D eigenvalue weighted by Crippen LogP contribution is -2.37. The Balaban J connectivity index is 1.41. The van der Waals surface area contributed by atoms with Crippen LogP contribution in [0.25, 0.3) is 16.5 Å². The van der Waals surface area contributed by atoms with E-state index >= 15 is 0 Å². The third-order valence-corrected chi connectivity index (χ3v) is 6.60. The van der Waals surface area contributed by atoms with Crippen LogP contribution in [0.4, 0.5) is 15.8 Å². The van der Waals surface area contributed by atoms with Gasteiger partial charge in [0.1, 0.15) is 5.82 Å². The number of nitro groups is 1. The minimum absolute atomic E-state index is 0.0709. The molecule has 1 fully saturated rings. The molecule has 2 aliphatic heterocycles. The number of nitrogens with zero attached hydrogens (tertiary/aromatic N) is 3. The number of non-ortho nitro benzene ring substituents is 1. The first-order valence-corrected chi connectivity index (χ1v) is 11.3. The van der Waals surface area contributed by atoms with Crippen molar-refractivity contribution in [3.8, 4) is 0 Å². The second-order valence-corrected chi connectivity index (χ2v) is 8.63. The zero-order valence-corrected chi connectivity index (χ0v) is 18.2. The third-order valence-electron chi connectivity index (χ3n) is 6.60. The van der Waals surface area contributed by atoms with E-state index < -0.39 is 4.92 Å². The maximum Gasteiger partial charge on any atom is 0.270 e. The molecular formula is C25H25FN4O3. The average Bonchev–Trinajstić information content (AvgIpc) is 3.27. The topological polar surface area (TPSA) is 82.5 Å². The molecular weight excluding hydrogens is 423 g/mol. The van der Waals surface area contributed by atoms with Crippen LogP contribution in [-0.4, -0.2) is 46.9 Å². The highest BCUT2D eigenvalue weighted by molar-refractivity contribution is 6.01. The van der Waals surface area contributed by atoms with E-state index in [1.807, 2.05) is 12.3 Å². The number of hydrogen-bond donors (Lipinski definition) is 1. The molecule has 0 radical (unpaired) electrons. The van der Waals surface area contributed by atoms with Gasteiger partial charge in [0.05, 0.1) is 16.2 Å². The van der Waals surface area contributed by atoms with E-state index in [0.29, 0.717) is 25.1 Å². The molecule has 1 saturated heterocycles. The van der Waals surface area contributed by atoms with Crippen molar-refractivity contribution in [2.75, 3.05) is 31.1 Å². The van der Waals surface area contributed by atoms with Crippen molar-refractivity contribution in [3.63, 3.8) is 0 Å². The standard InChI is InChI=1S/C25H25FN4O3/c26-18-4-6-20-22(16-27-23(20)14-18)17-8-12-29(13-9-17)25(31)21-15-19(30(32)33)5-7-24(21)28-10-2-1-3-11-28/h4-8,14-16,27H,1-3,9-13H2. The quantitative estimate of drug-likeness (QED) is 0.443. The molecule has 7 nitrogen and oxygen atoms in total. The first-order chi connectivity index (χ1) is 16.0. The fraction of sp³-hybridized carbons (Fsp3) is 0.320. The van der Waals surface area contributed by atoms with Gasteiger partial charge in [-0.25, -0.2) is 4.39 Å². The molecule has 0 unspecified atom stereocenters. The molecule has 3 heterocycles. The van der Waals surface area contributed by atoms with Gasteiger partial charge in [-0.05, 0) is 55.5 Å². The lowest BCUT2D eigenvalue weighted by Gasteiger charge is -2.32. The summed E-state index contributed by atoms with van der Waals surface area (Å²) < 4.78 is 13.5. The highest BCUT2D eigenvalue weighted by Gasteiger charge is 2.27. The number of H-pyrrole nitrogens is 1. The fourth-order valence-corrected chi connectivity index (χ4v) is 4.85. The third kappa shape index (κ3) is 4.08. The van der Waals surface area contributed by atoms with Gasteiger partial charge in [0, 0.05) is 61.0 Å². The Morgan fingerprint density at radius 2 is 1.88 bits per heavy atom. The molecule has 3 aromatic rings. The molecule has 0 bridgehead atoms. The van der Waals surface area contributed by atoms with Crippen molar-refractivity contribution < 1.29 is 14.1 Å². The van der Waals surface area contributed by atoms with Gasteiger partial charge >= 0.3 is 0 Å². The highest BCUT2D eigenvalue weighted by Crippen LogP contribution is 2.32. The number of hydrogen-bond acceptors (Lipinski definition) is 4. The molecule has 0 spiro atoms. The molecule has 5 rings (SSSR count). The van der Waals surface area contributed by atoms with E-state index in [-0.39, 0.29) is 17.4 Å². The van der Waals surface area contributed by atoms with Crippen molar-refractivity contribution in [3.05, 3.63) is 75.7 Å². The summed E-state index contributed by atoms with van der Waals surface area (Å²) in [5.41, 5.74) is 3.96. The largest absolute Gasteiger partial charge is 0.371 e. The first kappa shape index (κ1) is 21.2. The summed E-state index contributed by atoms with van der Waals surface area (Å²) in [5.74, 6) is -0.470. The molecule has 33 heavy (non-hydrogen) atoms. The Hall–Kier alpha value is -3.68. The fourth-order valence-electron chi connectivity index (χ4n) is 4.85. The van der Waals surface area contributed by atoms with Crippen molar-refractivity contribution in [2.45, 2.75) is 25.7 Å². The van der Waals surface area contributed by atoms with E-state index in [9.17, 15) is 19.3 Å². The predicted molar refractivity (Wildman–Crippen MR) is 126 cm³/mol. The number of benzene rings is 2. The van der Waals surface area contributed by atoms with Gasteiger partial charge in [-0.2, -0.15) is 0 Å². The van der Waals surface area contributed by atoms with Crippen LogP contribution in [-0.2, 0) is 0 Å². The zero-order chi connectivity index (χ0) is 22.9. The van der Waals surface area contributed by atoms with E-state index in [1.165, 1.54) is 24.3 Å². The Morgan fingerprint density at radius 3 is 2.61 bits per heavy atom. The molecule has 2 aliphatic rings. The summed E-state index contributed by atoms with van der Waals surface area (Å²) in [6.45, 7) is 2.64. The van der Waals surface area contributed by atoms with E-state index in [0.717, 1.165) is 60.1 Å². The van der Waals surface area contributed by atoms with Crippen LogP contribution >= 0.6 is 0 Å². The Kier molecular flexibility index (Phi) is 5.58. The van der Waals surface area contributed by atoms with Crippen molar-refractivity contribution in [1.29, 1.82) is 0 Å². The van der Waals surface area contributed by atoms with Crippen LogP contribution in [0.3, 0.4) is 0 Å². The monoisotopic (exact) mass is 448 g/mol. The second-order valence-electron chi connectivity index (χ2n) is 8.63. The number of aromatic amines is 1. The molecule has 0 atom stereocenters. The van der Waals surface area contributed by atoms with Crippen LogP contribution in [0, 0.1) is 15.9 Å². The van der Waals surface area contributed by atoms with E-state index in [1.54, 1.807) is 17.0 Å². The van der Waals surface area contributed by atoms with Gasteiger partial charge in [0.2, 0.25) is 0 Å². The number of carbonyl (C=O) groups is 1. The van der Waals surface area contributed by atoms with E-state index in [4.69, 9.17) is 0 Å². The number of aromatic nitrogens is 1. The van der Waals surface area contributed by atoms with Crippen LogP contribution in [0.1, 0.15) is 41.6 Å². The normalized spacial score (nSPS) is 16.7. The summed E-state index contributed by atoms with van der Waals surface area (Å²) in [5, 5.41) is 12.3. The van der Waals surface area contributed by atoms with Gasteiger partial charge in [-0.15, -0.1) is 0 Å². The van der Waals surface area contributed by atoms with Crippen LogP contribution in [0.2, 0.25) is 0 Å². The summed E-state index contributed by atoms with van der Waals surface area (Å²) in [4.78, 5) is 31.4. The lowest BCUT2D eigenvalue weighted by atomic mass is 9.98. The first-order valence-electron chi connectivity index (χ1n) is 11.3. The number of halogens is 1. The number of rotatable bonds is 4. The Morgan fingerprint density at radius 1 is 1.06 bits per heavy atom. The summed E-state index contributed by atoms with van der Waals surface area (Å²) >= 11 is 0. The highest BCUT2D eigenvalue weighted by atomic mass is 19.1. The molecule has 1 amide bonds. The van der Waals surface area contributed by atoms with Crippen molar-refractivity contribution in [2.24, 2.45) is 0 Å². The number of nitro benzene ring substituents is 1. The Bertz CT molecular complexity index is 1260. The van der Waals surface area contributed by atoms with Crippen LogP contribution in [0.15, 0.2) is 48.7 Å². The minimum Gasteiger partial charge on any atom is -0.371 e. The molecule has 0 aliphatic carbocycles. The molecule has 1 aromatic heterocycles. The van der Waals surface area contributed by atoms with Crippen molar-refractivity contribution in [1.82, 2.24) is 9.88 Å². The van der Waals surface area contributed by atoms with Gasteiger partial charge in [-0.1, -0.05) is 6.08 Å². The number of anilines is 1. The second kappa shape index (κ2) is 8.69. The SMILES string of the molecule is O=C(c1cc([N+](=O)[O-])ccc1N1CCCCC1)N1CC=C(c2c[nH]c3cc(F)ccc23)CC1.